The highest BCUT2D eigenvalue weighted by Crippen LogP contribution is 2.10. The second-order valence-electron chi connectivity index (χ2n) is 13.9. The second kappa shape index (κ2) is 43.8. The Balaban J connectivity index is 4.51. The molecule has 0 bridgehead atoms. The zero-order valence-electron chi connectivity index (χ0n) is 35.6. The van der Waals surface area contributed by atoms with Crippen LogP contribution in [0.3, 0.4) is 0 Å². The van der Waals surface area contributed by atoms with Crippen molar-refractivity contribution >= 4 is 17.9 Å². The van der Waals surface area contributed by atoms with Gasteiger partial charge in [0.25, 0.3) is 0 Å². The molecule has 1 atom stereocenters. The third kappa shape index (κ3) is 41.2. The van der Waals surface area contributed by atoms with Crippen LogP contribution in [0.25, 0.3) is 0 Å². The molecule has 1 unspecified atom stereocenters. The quantitative estimate of drug-likeness (QED) is 0.0206. The molecule has 0 N–H and O–H groups in total. The molecule has 0 aliphatic heterocycles. The average molecular weight is 775 g/mol. The van der Waals surface area contributed by atoms with Crippen LogP contribution < -0.4 is 0 Å². The van der Waals surface area contributed by atoms with E-state index in [2.05, 4.69) is 118 Å². The summed E-state index contributed by atoms with van der Waals surface area (Å²) in [5.74, 6) is -1.16. The van der Waals surface area contributed by atoms with Crippen LogP contribution in [-0.2, 0) is 28.6 Å². The molecule has 56 heavy (non-hydrogen) atoms. The summed E-state index contributed by atoms with van der Waals surface area (Å²) in [7, 11) is 0. The van der Waals surface area contributed by atoms with Crippen LogP contribution >= 0.6 is 0 Å². The predicted octanol–water partition coefficient (Wildman–Crippen LogP) is 14.0. The Bertz CT molecular complexity index is 1210. The number of unbranched alkanes of at least 4 members (excludes halogenated alkanes) is 11. The smallest absolute Gasteiger partial charge is 0.309 e. The first kappa shape index (κ1) is 52.1. The normalized spacial score (nSPS) is 13.1. The van der Waals surface area contributed by atoms with Crippen molar-refractivity contribution in [2.75, 3.05) is 13.2 Å². The summed E-state index contributed by atoms with van der Waals surface area (Å²) in [6.45, 7) is 6.18. The largest absolute Gasteiger partial charge is 0.462 e. The molecule has 314 valence electrons. The monoisotopic (exact) mass is 775 g/mol. The Hall–Kier alpha value is -3.93. The van der Waals surface area contributed by atoms with Crippen LogP contribution in [-0.4, -0.2) is 37.2 Å². The first-order valence-electron chi connectivity index (χ1n) is 21.9. The van der Waals surface area contributed by atoms with Crippen molar-refractivity contribution in [3.8, 4) is 0 Å². The fourth-order valence-electron chi connectivity index (χ4n) is 5.35. The van der Waals surface area contributed by atoms with Crippen LogP contribution in [0.4, 0.5) is 0 Å². The summed E-state index contributed by atoms with van der Waals surface area (Å²) in [5.41, 5.74) is 0. The van der Waals surface area contributed by atoms with Crippen molar-refractivity contribution in [2.45, 2.75) is 175 Å². The van der Waals surface area contributed by atoms with Crippen molar-refractivity contribution < 1.29 is 28.6 Å². The average Bonchev–Trinajstić information content (AvgIpc) is 3.19. The van der Waals surface area contributed by atoms with Gasteiger partial charge in [0, 0.05) is 12.8 Å². The molecule has 0 aromatic heterocycles. The van der Waals surface area contributed by atoms with Crippen LogP contribution in [0.15, 0.2) is 109 Å². The van der Waals surface area contributed by atoms with E-state index in [0.717, 1.165) is 89.9 Å². The highest BCUT2D eigenvalue weighted by molar-refractivity contribution is 5.72. The molecule has 0 aromatic carbocycles. The maximum Gasteiger partial charge on any atom is 0.309 e. The molecule has 0 aliphatic rings. The first-order valence-corrected chi connectivity index (χ1v) is 21.9. The maximum absolute atomic E-state index is 12.6. The number of hydrogen-bond acceptors (Lipinski definition) is 6. The van der Waals surface area contributed by atoms with Gasteiger partial charge in [-0.3, -0.25) is 14.4 Å². The van der Waals surface area contributed by atoms with Crippen molar-refractivity contribution in [2.24, 2.45) is 0 Å². The van der Waals surface area contributed by atoms with E-state index in [0.29, 0.717) is 12.8 Å². The fourth-order valence-corrected chi connectivity index (χ4v) is 5.35. The summed E-state index contributed by atoms with van der Waals surface area (Å²) in [6, 6.07) is 0. The molecule has 0 saturated carbocycles. The number of carbonyl (C=O) groups excluding carboxylic acids is 3. The Morgan fingerprint density at radius 2 is 0.857 bits per heavy atom. The lowest BCUT2D eigenvalue weighted by Crippen LogP contribution is -2.30. The lowest BCUT2D eigenvalue weighted by atomic mass is 10.1. The van der Waals surface area contributed by atoms with Gasteiger partial charge in [-0.1, -0.05) is 175 Å². The van der Waals surface area contributed by atoms with E-state index in [1.165, 1.54) is 32.1 Å². The molecule has 6 nitrogen and oxygen atoms in total. The Morgan fingerprint density at radius 3 is 1.43 bits per heavy atom. The number of ether oxygens (including phenoxy) is 3. The molecular weight excluding hydrogens is 697 g/mol. The SMILES string of the molecule is CC/C=C\C/C=C\C/C=C\CCCC(=O)OC(COC(=O)C/C=C\C/C=C\C/C=C\CC)COC(=O)CCCCCCC\C=C/C=C\C=C/CCCCCCC. The molecular formula is C50H78O6. The van der Waals surface area contributed by atoms with E-state index in [1.54, 1.807) is 6.08 Å². The molecule has 0 radical (unpaired) electrons. The van der Waals surface area contributed by atoms with Crippen molar-refractivity contribution in [1.29, 1.82) is 0 Å². The standard InChI is InChI=1S/C50H78O6/c1-4-7-10-13-16-19-21-22-23-24-25-26-27-29-31-34-37-40-43-49(52)55-46-47(45-54-48(51)42-39-36-33-30-18-15-12-9-6-3)56-50(53)44-41-38-35-32-28-20-17-14-11-8-5-2/h8-9,11-12,17-18,20-26,30,32,35-36,39,47H,4-7,10,13-16,19,27-29,31,33-34,37-38,40-46H2,1-3H3/b11-8-,12-9-,20-17-,22-21-,24-23-,26-25-,30-18-,35-32-,39-36-. The summed E-state index contributed by atoms with van der Waals surface area (Å²) in [5, 5.41) is 0. The Morgan fingerprint density at radius 1 is 0.411 bits per heavy atom. The number of carbonyl (C=O) groups is 3. The highest BCUT2D eigenvalue weighted by atomic mass is 16.6. The molecule has 0 amide bonds. The Kier molecular flexibility index (Phi) is 40.7. The molecule has 0 spiro atoms. The van der Waals surface area contributed by atoms with Gasteiger partial charge >= 0.3 is 17.9 Å². The summed E-state index contributed by atoms with van der Waals surface area (Å²) < 4.78 is 16.5. The van der Waals surface area contributed by atoms with Gasteiger partial charge in [0.05, 0.1) is 6.42 Å². The van der Waals surface area contributed by atoms with E-state index in [1.807, 2.05) is 6.08 Å². The van der Waals surface area contributed by atoms with E-state index >= 15 is 0 Å². The van der Waals surface area contributed by atoms with Gasteiger partial charge < -0.3 is 14.2 Å². The van der Waals surface area contributed by atoms with Gasteiger partial charge in [-0.05, 0) is 83.5 Å². The lowest BCUT2D eigenvalue weighted by molar-refractivity contribution is -0.166. The molecule has 6 heteroatoms. The molecule has 0 fully saturated rings. The van der Waals surface area contributed by atoms with Crippen LogP contribution in [0.5, 0.6) is 0 Å². The van der Waals surface area contributed by atoms with Crippen LogP contribution in [0, 0.1) is 0 Å². The molecule has 0 saturated heterocycles. The first-order chi connectivity index (χ1) is 27.5. The minimum Gasteiger partial charge on any atom is -0.462 e. The number of allylic oxidation sites excluding steroid dienone is 17. The zero-order valence-corrected chi connectivity index (χ0v) is 35.6. The van der Waals surface area contributed by atoms with Gasteiger partial charge in [0.15, 0.2) is 6.10 Å². The highest BCUT2D eigenvalue weighted by Gasteiger charge is 2.19. The molecule has 0 heterocycles. The zero-order chi connectivity index (χ0) is 40.8. The van der Waals surface area contributed by atoms with Crippen LogP contribution in [0.1, 0.15) is 168 Å². The van der Waals surface area contributed by atoms with Crippen molar-refractivity contribution in [3.05, 3.63) is 109 Å². The topological polar surface area (TPSA) is 78.9 Å². The lowest BCUT2D eigenvalue weighted by Gasteiger charge is -2.18. The number of esters is 3. The van der Waals surface area contributed by atoms with Gasteiger partial charge in [-0.25, -0.2) is 0 Å². The number of rotatable bonds is 37. The van der Waals surface area contributed by atoms with Gasteiger partial charge in [-0.2, -0.15) is 0 Å². The molecule has 0 rings (SSSR count). The summed E-state index contributed by atoms with van der Waals surface area (Å²) in [6.07, 6.45) is 58.3. The van der Waals surface area contributed by atoms with Crippen LogP contribution in [0.2, 0.25) is 0 Å². The summed E-state index contributed by atoms with van der Waals surface area (Å²) in [4.78, 5) is 37.5. The van der Waals surface area contributed by atoms with Crippen molar-refractivity contribution in [3.63, 3.8) is 0 Å². The van der Waals surface area contributed by atoms with E-state index < -0.39 is 18.0 Å². The van der Waals surface area contributed by atoms with Gasteiger partial charge in [0.2, 0.25) is 0 Å². The third-order valence-corrected chi connectivity index (χ3v) is 8.59. The van der Waals surface area contributed by atoms with Crippen molar-refractivity contribution in [1.82, 2.24) is 0 Å². The third-order valence-electron chi connectivity index (χ3n) is 8.59. The number of hydrogen-bond donors (Lipinski definition) is 0. The van der Waals surface area contributed by atoms with E-state index in [-0.39, 0.29) is 32.0 Å². The minimum atomic E-state index is -0.847. The fraction of sp³-hybridized carbons (Fsp3) is 0.580. The second-order valence-corrected chi connectivity index (χ2v) is 13.9. The molecule has 0 aromatic rings. The van der Waals surface area contributed by atoms with E-state index in [4.69, 9.17) is 14.2 Å². The molecule has 0 aliphatic carbocycles. The minimum absolute atomic E-state index is 0.116. The predicted molar refractivity (Wildman–Crippen MR) is 237 cm³/mol. The van der Waals surface area contributed by atoms with E-state index in [9.17, 15) is 14.4 Å². The Labute approximate surface area is 342 Å². The van der Waals surface area contributed by atoms with Gasteiger partial charge in [-0.15, -0.1) is 0 Å². The summed E-state index contributed by atoms with van der Waals surface area (Å²) >= 11 is 0. The van der Waals surface area contributed by atoms with Gasteiger partial charge in [0.1, 0.15) is 13.2 Å². The maximum atomic E-state index is 12.6.